The van der Waals surface area contributed by atoms with E-state index in [4.69, 9.17) is 11.6 Å². The predicted octanol–water partition coefficient (Wildman–Crippen LogP) is 4.02. The maximum atomic E-state index is 12.5. The average Bonchev–Trinajstić information content (AvgIpc) is 2.65. The number of nitrogens with zero attached hydrogens (tertiary/aromatic N) is 2. The van der Waals surface area contributed by atoms with E-state index in [2.05, 4.69) is 5.32 Å². The van der Waals surface area contributed by atoms with Crippen LogP contribution in [0.2, 0.25) is 5.02 Å². The highest BCUT2D eigenvalue weighted by Crippen LogP contribution is 2.27. The maximum Gasteiger partial charge on any atom is 0.289 e. The summed E-state index contributed by atoms with van der Waals surface area (Å²) >= 11 is 5.78. The molecule has 0 atom stereocenters. The smallest absolute Gasteiger partial charge is 0.289 e. The molecule has 0 fully saturated rings. The Bertz CT molecular complexity index is 1120. The molecule has 1 aromatic heterocycles. The number of pyridine rings is 1. The number of benzene rings is 2. The first-order valence-corrected chi connectivity index (χ1v) is 8.72. The second-order valence-corrected chi connectivity index (χ2v) is 6.66. The van der Waals surface area contributed by atoms with Crippen LogP contribution in [0.25, 0.3) is 0 Å². The van der Waals surface area contributed by atoms with E-state index in [0.29, 0.717) is 6.54 Å². The largest absolute Gasteiger partial charge is 0.322 e. The van der Waals surface area contributed by atoms with Gasteiger partial charge in [0.05, 0.1) is 17.0 Å². The van der Waals surface area contributed by atoms with Gasteiger partial charge in [-0.3, -0.25) is 19.7 Å². The van der Waals surface area contributed by atoms with E-state index >= 15 is 0 Å². The summed E-state index contributed by atoms with van der Waals surface area (Å²) in [5.74, 6) is -0.491. The molecule has 0 radical (unpaired) electrons. The van der Waals surface area contributed by atoms with Crippen molar-refractivity contribution >= 4 is 28.9 Å². The van der Waals surface area contributed by atoms with Crippen LogP contribution in [-0.2, 0) is 6.54 Å². The monoisotopic (exact) mass is 397 g/mol. The van der Waals surface area contributed by atoms with Gasteiger partial charge in [0, 0.05) is 24.0 Å². The number of carbonyl (C=O) groups is 1. The average molecular weight is 398 g/mol. The topological polar surface area (TPSA) is 94.2 Å². The molecule has 28 heavy (non-hydrogen) atoms. The Labute approximate surface area is 165 Å². The highest BCUT2D eigenvalue weighted by molar-refractivity contribution is 6.32. The van der Waals surface area contributed by atoms with Crippen LogP contribution < -0.4 is 10.9 Å². The van der Waals surface area contributed by atoms with Crippen LogP contribution in [0.3, 0.4) is 0 Å². The Morgan fingerprint density at radius 2 is 1.96 bits per heavy atom. The molecule has 0 saturated carbocycles. The van der Waals surface area contributed by atoms with Gasteiger partial charge in [0.2, 0.25) is 0 Å². The molecule has 7 nitrogen and oxygen atoms in total. The fourth-order valence-corrected chi connectivity index (χ4v) is 2.92. The van der Waals surface area contributed by atoms with Crippen molar-refractivity contribution in [2.24, 2.45) is 0 Å². The molecule has 3 aromatic rings. The van der Waals surface area contributed by atoms with Gasteiger partial charge in [-0.15, -0.1) is 0 Å². The minimum absolute atomic E-state index is 0.0188. The van der Waals surface area contributed by atoms with Gasteiger partial charge in [-0.25, -0.2) is 0 Å². The first kappa shape index (κ1) is 19.3. The summed E-state index contributed by atoms with van der Waals surface area (Å²) in [4.78, 5) is 35.0. The highest BCUT2D eigenvalue weighted by atomic mass is 35.5. The third-order valence-electron chi connectivity index (χ3n) is 4.08. The van der Waals surface area contributed by atoms with Crippen molar-refractivity contribution in [1.82, 2.24) is 4.57 Å². The molecule has 1 N–H and O–H groups in total. The summed E-state index contributed by atoms with van der Waals surface area (Å²) in [6.45, 7) is 2.29. The minimum atomic E-state index is -0.625. The van der Waals surface area contributed by atoms with Crippen molar-refractivity contribution in [3.8, 4) is 0 Å². The van der Waals surface area contributed by atoms with Gasteiger partial charge < -0.3 is 9.88 Å². The van der Waals surface area contributed by atoms with Gasteiger partial charge in [0.1, 0.15) is 5.02 Å². The van der Waals surface area contributed by atoms with Crippen molar-refractivity contribution in [3.63, 3.8) is 0 Å². The third-order valence-corrected chi connectivity index (χ3v) is 4.40. The normalized spacial score (nSPS) is 10.5. The number of aryl methyl sites for hydroxylation is 1. The first-order chi connectivity index (χ1) is 13.3. The molecule has 1 heterocycles. The van der Waals surface area contributed by atoms with Crippen LogP contribution in [0.4, 0.5) is 11.4 Å². The SMILES string of the molecule is Cc1cccc(Cn2cc(C(=O)Nc3ccc(Cl)c([N+](=O)[O-])c3)ccc2=O)c1. The molecule has 0 aliphatic rings. The zero-order valence-electron chi connectivity index (χ0n) is 14.9. The number of halogens is 1. The lowest BCUT2D eigenvalue weighted by molar-refractivity contribution is -0.384. The molecule has 2 aromatic carbocycles. The number of hydrogen-bond acceptors (Lipinski definition) is 4. The lowest BCUT2D eigenvalue weighted by Crippen LogP contribution is -2.22. The van der Waals surface area contributed by atoms with Crippen LogP contribution in [0.5, 0.6) is 0 Å². The van der Waals surface area contributed by atoms with E-state index in [0.717, 1.165) is 11.1 Å². The van der Waals surface area contributed by atoms with Gasteiger partial charge in [0.15, 0.2) is 0 Å². The minimum Gasteiger partial charge on any atom is -0.322 e. The van der Waals surface area contributed by atoms with Gasteiger partial charge in [-0.2, -0.15) is 0 Å². The number of nitrogens with one attached hydrogen (secondary N) is 1. The number of rotatable bonds is 5. The lowest BCUT2D eigenvalue weighted by atomic mass is 10.1. The summed E-state index contributed by atoms with van der Waals surface area (Å²) in [6, 6.07) is 14.4. The van der Waals surface area contributed by atoms with E-state index in [9.17, 15) is 19.7 Å². The van der Waals surface area contributed by atoms with Gasteiger partial charge in [-0.05, 0) is 30.7 Å². The number of carbonyl (C=O) groups excluding carboxylic acids is 1. The molecule has 0 saturated heterocycles. The first-order valence-electron chi connectivity index (χ1n) is 8.35. The summed E-state index contributed by atoms with van der Waals surface area (Å²) in [7, 11) is 0. The molecule has 1 amide bonds. The summed E-state index contributed by atoms with van der Waals surface area (Å²) in [6.07, 6.45) is 1.46. The molecule has 8 heteroatoms. The van der Waals surface area contributed by atoms with Crippen LogP contribution in [0, 0.1) is 17.0 Å². The molecule has 0 aliphatic carbocycles. The highest BCUT2D eigenvalue weighted by Gasteiger charge is 2.15. The summed E-state index contributed by atoms with van der Waals surface area (Å²) < 4.78 is 1.44. The second-order valence-electron chi connectivity index (χ2n) is 6.25. The Hall–Kier alpha value is -3.45. The van der Waals surface area contributed by atoms with Gasteiger partial charge in [-0.1, -0.05) is 41.4 Å². The number of nitro benzene ring substituents is 1. The summed E-state index contributed by atoms with van der Waals surface area (Å²) in [5, 5.41) is 13.5. The predicted molar refractivity (Wildman–Crippen MR) is 107 cm³/mol. The van der Waals surface area contributed by atoms with Crippen LogP contribution in [-0.4, -0.2) is 15.4 Å². The molecule has 0 aliphatic heterocycles. The molecule has 142 valence electrons. The van der Waals surface area contributed by atoms with Crippen molar-refractivity contribution < 1.29 is 9.72 Å². The number of hydrogen-bond donors (Lipinski definition) is 1. The standard InChI is InChI=1S/C20H16ClN3O4/c1-13-3-2-4-14(9-13)11-23-12-15(5-8-19(23)25)20(26)22-16-6-7-17(21)18(10-16)24(27)28/h2-10,12H,11H2,1H3,(H,22,26). The van der Waals surface area contributed by atoms with Crippen LogP contribution >= 0.6 is 11.6 Å². The number of amides is 1. The van der Waals surface area contributed by atoms with E-state index in [1.54, 1.807) is 0 Å². The quantitative estimate of drug-likeness (QED) is 0.519. The molecule has 3 rings (SSSR count). The lowest BCUT2D eigenvalue weighted by Gasteiger charge is -2.10. The van der Waals surface area contributed by atoms with Crippen LogP contribution in [0.15, 0.2) is 65.6 Å². The Morgan fingerprint density at radius 1 is 1.18 bits per heavy atom. The van der Waals surface area contributed by atoms with E-state index in [-0.39, 0.29) is 27.5 Å². The van der Waals surface area contributed by atoms with Crippen molar-refractivity contribution in [2.75, 3.05) is 5.32 Å². The fraction of sp³-hybridized carbons (Fsp3) is 0.100. The van der Waals surface area contributed by atoms with Crippen molar-refractivity contribution in [1.29, 1.82) is 0 Å². The van der Waals surface area contributed by atoms with Gasteiger partial charge in [0.25, 0.3) is 17.2 Å². The number of nitro groups is 1. The Balaban J connectivity index is 1.84. The molecular weight excluding hydrogens is 382 g/mol. The second kappa shape index (κ2) is 8.06. The Morgan fingerprint density at radius 3 is 2.68 bits per heavy atom. The fourth-order valence-electron chi connectivity index (χ4n) is 2.73. The maximum absolute atomic E-state index is 12.5. The molecule has 0 bridgehead atoms. The van der Waals surface area contributed by atoms with E-state index in [1.807, 2.05) is 31.2 Å². The number of anilines is 1. The Kier molecular flexibility index (Phi) is 5.56. The van der Waals surface area contributed by atoms with Crippen LogP contribution in [0.1, 0.15) is 21.5 Å². The zero-order chi connectivity index (χ0) is 20.3. The van der Waals surface area contributed by atoms with Crippen molar-refractivity contribution in [2.45, 2.75) is 13.5 Å². The molecule has 0 spiro atoms. The van der Waals surface area contributed by atoms with Gasteiger partial charge >= 0.3 is 0 Å². The molecule has 0 unspecified atom stereocenters. The van der Waals surface area contributed by atoms with Crippen molar-refractivity contribution in [3.05, 3.63) is 103 Å². The molecular formula is C20H16ClN3O4. The third kappa shape index (κ3) is 4.44. The number of aromatic nitrogens is 1. The summed E-state index contributed by atoms with van der Waals surface area (Å²) in [5.41, 5.74) is 1.96. The zero-order valence-corrected chi connectivity index (χ0v) is 15.6. The van der Waals surface area contributed by atoms with E-state index < -0.39 is 10.8 Å². The van der Waals surface area contributed by atoms with E-state index in [1.165, 1.54) is 41.1 Å².